The Labute approximate surface area is 197 Å². The average Bonchev–Trinajstić information content (AvgIpc) is 3.10. The molecule has 0 N–H and O–H groups in total. The minimum absolute atomic E-state index is 0.0378. The molecule has 3 aromatic rings. The normalized spacial score (nSPS) is 16.1. The van der Waals surface area contributed by atoms with Crippen molar-refractivity contribution in [2.75, 3.05) is 6.54 Å². The van der Waals surface area contributed by atoms with Crippen molar-refractivity contribution in [3.8, 4) is 5.75 Å². The summed E-state index contributed by atoms with van der Waals surface area (Å²) in [5, 5.41) is 0.699. The minimum atomic E-state index is -0.264. The maximum atomic E-state index is 13.0. The number of aryl methyl sites for hydroxylation is 2. The number of amidine groups is 1. The third-order valence-electron chi connectivity index (χ3n) is 5.35. The van der Waals surface area contributed by atoms with Crippen LogP contribution in [0, 0.1) is 19.7 Å². The fourth-order valence-corrected chi connectivity index (χ4v) is 4.56. The Hall–Kier alpha value is -3.38. The molecule has 0 aromatic heterocycles. The lowest BCUT2D eigenvalue weighted by Gasteiger charge is -2.13. The molecule has 1 aliphatic heterocycles. The number of carbonyl (C=O) groups excluding carboxylic acids is 1. The van der Waals surface area contributed by atoms with Crippen LogP contribution in [0.15, 0.2) is 76.6 Å². The summed E-state index contributed by atoms with van der Waals surface area (Å²) >= 11 is 1.40. The molecule has 0 spiro atoms. The van der Waals surface area contributed by atoms with Crippen LogP contribution in [0.25, 0.3) is 6.08 Å². The zero-order valence-electron chi connectivity index (χ0n) is 18.8. The van der Waals surface area contributed by atoms with Crippen molar-refractivity contribution in [1.82, 2.24) is 4.90 Å². The van der Waals surface area contributed by atoms with E-state index in [1.54, 1.807) is 17.0 Å². The van der Waals surface area contributed by atoms with Crippen molar-refractivity contribution in [1.29, 1.82) is 0 Å². The molecule has 0 bridgehead atoms. The second kappa shape index (κ2) is 10.0. The number of amides is 1. The molecular formula is C27H25FN2O2S. The van der Waals surface area contributed by atoms with Crippen molar-refractivity contribution in [2.45, 2.75) is 27.4 Å². The molecular weight excluding hydrogens is 435 g/mol. The topological polar surface area (TPSA) is 41.9 Å². The molecule has 1 heterocycles. The van der Waals surface area contributed by atoms with Crippen LogP contribution < -0.4 is 4.74 Å². The van der Waals surface area contributed by atoms with Crippen LogP contribution in [0.3, 0.4) is 0 Å². The number of hydrogen-bond acceptors (Lipinski definition) is 4. The molecule has 4 nitrogen and oxygen atoms in total. The molecule has 0 saturated carbocycles. The van der Waals surface area contributed by atoms with Gasteiger partial charge in [-0.25, -0.2) is 9.38 Å². The number of hydrogen-bond donors (Lipinski definition) is 0. The van der Waals surface area contributed by atoms with E-state index in [1.165, 1.54) is 23.9 Å². The largest absolute Gasteiger partial charge is 0.489 e. The lowest BCUT2D eigenvalue weighted by Crippen LogP contribution is -2.28. The average molecular weight is 461 g/mol. The van der Waals surface area contributed by atoms with Crippen molar-refractivity contribution >= 4 is 34.6 Å². The summed E-state index contributed by atoms with van der Waals surface area (Å²) in [5.74, 6) is 0.405. The van der Waals surface area contributed by atoms with Crippen LogP contribution >= 0.6 is 11.8 Å². The van der Waals surface area contributed by atoms with E-state index in [2.05, 4.69) is 0 Å². The van der Waals surface area contributed by atoms with E-state index in [9.17, 15) is 9.18 Å². The van der Waals surface area contributed by atoms with Crippen molar-refractivity contribution in [3.63, 3.8) is 0 Å². The second-order valence-electron chi connectivity index (χ2n) is 7.78. The molecule has 168 valence electrons. The number of nitrogens with zero attached hydrogens (tertiary/aromatic N) is 2. The van der Waals surface area contributed by atoms with Crippen LogP contribution in [0.4, 0.5) is 10.1 Å². The Balaban J connectivity index is 1.49. The number of benzene rings is 3. The summed E-state index contributed by atoms with van der Waals surface area (Å²) in [7, 11) is 0. The first-order valence-corrected chi connectivity index (χ1v) is 11.6. The molecule has 0 atom stereocenters. The van der Waals surface area contributed by atoms with Crippen LogP contribution in [-0.2, 0) is 11.4 Å². The van der Waals surface area contributed by atoms with Gasteiger partial charge < -0.3 is 4.74 Å². The van der Waals surface area contributed by atoms with Gasteiger partial charge in [0.25, 0.3) is 5.91 Å². The smallest absolute Gasteiger partial charge is 0.266 e. The summed E-state index contributed by atoms with van der Waals surface area (Å²) < 4.78 is 18.8. The van der Waals surface area contributed by atoms with Gasteiger partial charge in [-0.05, 0) is 85.1 Å². The van der Waals surface area contributed by atoms with Crippen molar-refractivity contribution in [2.24, 2.45) is 4.99 Å². The highest BCUT2D eigenvalue weighted by Crippen LogP contribution is 2.35. The van der Waals surface area contributed by atoms with Gasteiger partial charge in [0, 0.05) is 6.54 Å². The van der Waals surface area contributed by atoms with Crippen LogP contribution in [-0.4, -0.2) is 22.5 Å². The molecule has 1 saturated heterocycles. The third kappa shape index (κ3) is 5.34. The van der Waals surface area contributed by atoms with Gasteiger partial charge in [-0.15, -0.1) is 0 Å². The van der Waals surface area contributed by atoms with Crippen molar-refractivity contribution < 1.29 is 13.9 Å². The fraction of sp³-hybridized carbons (Fsp3) is 0.185. The van der Waals surface area contributed by atoms with Gasteiger partial charge in [0.05, 0.1) is 10.6 Å². The summed E-state index contributed by atoms with van der Waals surface area (Å²) in [6.07, 6.45) is 1.88. The Morgan fingerprint density at radius 3 is 2.30 bits per heavy atom. The molecule has 1 fully saturated rings. The number of ether oxygens (including phenoxy) is 1. The Bertz CT molecular complexity index is 1200. The van der Waals surface area contributed by atoms with Gasteiger partial charge in [-0.3, -0.25) is 9.69 Å². The molecule has 3 aromatic carbocycles. The van der Waals surface area contributed by atoms with E-state index in [0.29, 0.717) is 29.0 Å². The highest BCUT2D eigenvalue weighted by atomic mass is 32.2. The monoisotopic (exact) mass is 460 g/mol. The molecule has 1 aliphatic rings. The zero-order valence-corrected chi connectivity index (χ0v) is 19.7. The number of thioether (sulfide) groups is 1. The highest BCUT2D eigenvalue weighted by molar-refractivity contribution is 8.18. The fourth-order valence-electron chi connectivity index (χ4n) is 3.51. The van der Waals surface area contributed by atoms with E-state index in [1.807, 2.05) is 69.3 Å². The number of rotatable bonds is 6. The Morgan fingerprint density at radius 1 is 1.00 bits per heavy atom. The van der Waals surface area contributed by atoms with Crippen LogP contribution in [0.2, 0.25) is 0 Å². The number of aliphatic imine (C=N–C) groups is 1. The van der Waals surface area contributed by atoms with Gasteiger partial charge in [0.2, 0.25) is 0 Å². The Kier molecular flexibility index (Phi) is 6.94. The predicted molar refractivity (Wildman–Crippen MR) is 133 cm³/mol. The van der Waals surface area contributed by atoms with Gasteiger partial charge in [-0.2, -0.15) is 0 Å². The molecule has 0 unspecified atom stereocenters. The molecule has 0 radical (unpaired) electrons. The van der Waals surface area contributed by atoms with Crippen LogP contribution in [0.5, 0.6) is 5.75 Å². The number of likely N-dealkylation sites (N-methyl/N-ethyl adjacent to an activating group) is 1. The number of halogens is 1. The number of carbonyl (C=O) groups is 1. The third-order valence-corrected chi connectivity index (χ3v) is 6.35. The summed E-state index contributed by atoms with van der Waals surface area (Å²) in [4.78, 5) is 20.1. The summed E-state index contributed by atoms with van der Waals surface area (Å²) in [6.45, 7) is 6.93. The number of para-hydroxylation sites is 1. The summed E-state index contributed by atoms with van der Waals surface area (Å²) in [6, 6.07) is 19.9. The lowest BCUT2D eigenvalue weighted by atomic mass is 10.1. The lowest BCUT2D eigenvalue weighted by molar-refractivity contribution is -0.122. The predicted octanol–water partition coefficient (Wildman–Crippen LogP) is 6.65. The van der Waals surface area contributed by atoms with Gasteiger partial charge in [0.15, 0.2) is 5.17 Å². The van der Waals surface area contributed by atoms with Gasteiger partial charge >= 0.3 is 0 Å². The quantitative estimate of drug-likeness (QED) is 0.387. The molecule has 1 amide bonds. The van der Waals surface area contributed by atoms with Crippen LogP contribution in [0.1, 0.15) is 29.2 Å². The van der Waals surface area contributed by atoms with E-state index in [4.69, 9.17) is 9.73 Å². The van der Waals surface area contributed by atoms with E-state index < -0.39 is 0 Å². The van der Waals surface area contributed by atoms with Crippen molar-refractivity contribution in [3.05, 3.63) is 99.7 Å². The van der Waals surface area contributed by atoms with E-state index in [-0.39, 0.29) is 11.7 Å². The molecule has 33 heavy (non-hydrogen) atoms. The first-order valence-electron chi connectivity index (χ1n) is 10.8. The Morgan fingerprint density at radius 2 is 1.67 bits per heavy atom. The van der Waals surface area contributed by atoms with Gasteiger partial charge in [0.1, 0.15) is 18.2 Å². The minimum Gasteiger partial charge on any atom is -0.489 e. The van der Waals surface area contributed by atoms with Gasteiger partial charge in [-0.1, -0.05) is 42.5 Å². The molecule has 4 rings (SSSR count). The molecule has 0 aliphatic carbocycles. The summed E-state index contributed by atoms with van der Waals surface area (Å²) in [5.41, 5.74) is 4.88. The maximum Gasteiger partial charge on any atom is 0.266 e. The SMILES string of the molecule is CCN1C(=O)/C(=C\c2ccc(OCc3ccc(F)cc3)cc2)SC1=Nc1c(C)cccc1C. The standard InChI is InChI=1S/C27H25FN2O2S/c1-4-30-26(31)24(33-27(30)29-25-18(2)6-5-7-19(25)3)16-20-10-14-23(15-11-20)32-17-21-8-12-22(28)13-9-21/h5-16H,4,17H2,1-3H3/b24-16+,29-27?. The second-order valence-corrected chi connectivity index (χ2v) is 8.79. The first kappa shape index (κ1) is 22.8. The van der Waals surface area contributed by atoms with E-state index in [0.717, 1.165) is 27.9 Å². The zero-order chi connectivity index (χ0) is 23.4. The highest BCUT2D eigenvalue weighted by Gasteiger charge is 2.32. The first-order chi connectivity index (χ1) is 15.9. The maximum absolute atomic E-state index is 13.0. The molecule has 6 heteroatoms. The van der Waals surface area contributed by atoms with E-state index >= 15 is 0 Å².